The Morgan fingerprint density at radius 3 is 2.20 bits per heavy atom. The minimum Gasteiger partial charge on any atom is -0.465 e. The van der Waals surface area contributed by atoms with Crippen LogP contribution in [0, 0.1) is 6.92 Å². The summed E-state index contributed by atoms with van der Waals surface area (Å²) in [6, 6.07) is 15.0. The van der Waals surface area contributed by atoms with Gasteiger partial charge in [0, 0.05) is 23.1 Å². The molecule has 1 heterocycles. The van der Waals surface area contributed by atoms with E-state index in [1.54, 1.807) is 0 Å². The van der Waals surface area contributed by atoms with E-state index in [-0.39, 0.29) is 21.4 Å². The molecule has 30 heavy (non-hydrogen) atoms. The molecule has 3 rings (SSSR count). The van der Waals surface area contributed by atoms with Gasteiger partial charge in [-0.15, -0.1) is 11.3 Å². The topological polar surface area (TPSA) is 102 Å². The molecule has 0 aliphatic heterocycles. The van der Waals surface area contributed by atoms with E-state index in [1.165, 1.54) is 38.3 Å². The van der Waals surface area contributed by atoms with Crippen LogP contribution in [-0.4, -0.2) is 27.4 Å². The summed E-state index contributed by atoms with van der Waals surface area (Å²) >= 11 is 1.16. The number of benzene rings is 2. The first-order chi connectivity index (χ1) is 14.2. The van der Waals surface area contributed by atoms with Crippen molar-refractivity contribution in [2.75, 3.05) is 17.1 Å². The number of thiophene rings is 1. The monoisotopic (exact) mass is 444 g/mol. The van der Waals surface area contributed by atoms with Crippen molar-refractivity contribution in [2.45, 2.75) is 18.7 Å². The molecule has 2 N–H and O–H groups in total. The largest absolute Gasteiger partial charge is 0.465 e. The van der Waals surface area contributed by atoms with Crippen LogP contribution >= 0.6 is 11.3 Å². The van der Waals surface area contributed by atoms with Gasteiger partial charge in [-0.25, -0.2) is 13.2 Å². The predicted octanol–water partition coefficient (Wildman–Crippen LogP) is 4.27. The van der Waals surface area contributed by atoms with Crippen molar-refractivity contribution < 1.29 is 22.7 Å². The zero-order valence-corrected chi connectivity index (χ0v) is 18.2. The van der Waals surface area contributed by atoms with Gasteiger partial charge in [0.2, 0.25) is 5.91 Å². The summed E-state index contributed by atoms with van der Waals surface area (Å²) in [5.41, 5.74) is 2.07. The fourth-order valence-corrected chi connectivity index (χ4v) is 5.34. The Kier molecular flexibility index (Phi) is 6.23. The third-order valence-electron chi connectivity index (χ3n) is 4.25. The number of hydrogen-bond donors (Lipinski definition) is 2. The summed E-state index contributed by atoms with van der Waals surface area (Å²) in [6.07, 6.45) is 0. The van der Waals surface area contributed by atoms with Crippen molar-refractivity contribution >= 4 is 43.9 Å². The summed E-state index contributed by atoms with van der Waals surface area (Å²) in [7, 11) is -2.72. The first-order valence-corrected chi connectivity index (χ1v) is 11.2. The summed E-state index contributed by atoms with van der Waals surface area (Å²) in [4.78, 5) is 24.4. The molecule has 0 unspecified atom stereocenters. The number of sulfonamides is 1. The van der Waals surface area contributed by atoms with Crippen LogP contribution in [0.15, 0.2) is 59.5 Å². The van der Waals surface area contributed by atoms with Crippen LogP contribution in [0.25, 0.3) is 11.1 Å². The predicted molar refractivity (Wildman–Crippen MR) is 117 cm³/mol. The second kappa shape index (κ2) is 8.68. The van der Waals surface area contributed by atoms with E-state index in [2.05, 4.69) is 10.0 Å². The molecule has 0 fully saturated rings. The zero-order valence-electron chi connectivity index (χ0n) is 16.6. The Balaban J connectivity index is 2.01. The lowest BCUT2D eigenvalue weighted by molar-refractivity contribution is -0.114. The molecular formula is C21H20N2O5S2. The van der Waals surface area contributed by atoms with Gasteiger partial charge in [-0.1, -0.05) is 30.3 Å². The van der Waals surface area contributed by atoms with Crippen molar-refractivity contribution in [1.82, 2.24) is 0 Å². The number of hydrogen-bond acceptors (Lipinski definition) is 6. The SMILES string of the molecule is COC(=O)c1c(NS(=O)(=O)c2ccc(NC(C)=O)cc2)sc(C)c1-c1ccccc1. The van der Waals surface area contributed by atoms with E-state index in [0.29, 0.717) is 11.3 Å². The van der Waals surface area contributed by atoms with Gasteiger partial charge in [-0.05, 0) is 36.8 Å². The van der Waals surface area contributed by atoms with Crippen molar-refractivity contribution in [1.29, 1.82) is 0 Å². The number of aryl methyl sites for hydroxylation is 1. The Morgan fingerprint density at radius 2 is 1.63 bits per heavy atom. The van der Waals surface area contributed by atoms with Crippen molar-refractivity contribution in [3.63, 3.8) is 0 Å². The van der Waals surface area contributed by atoms with Gasteiger partial charge < -0.3 is 10.1 Å². The lowest BCUT2D eigenvalue weighted by Gasteiger charge is -2.10. The van der Waals surface area contributed by atoms with Gasteiger partial charge >= 0.3 is 5.97 Å². The number of ether oxygens (including phenoxy) is 1. The van der Waals surface area contributed by atoms with Crippen LogP contribution in [-0.2, 0) is 19.6 Å². The number of rotatable bonds is 6. The number of anilines is 2. The lowest BCUT2D eigenvalue weighted by Crippen LogP contribution is -2.15. The van der Waals surface area contributed by atoms with Gasteiger partial charge in [-0.3, -0.25) is 9.52 Å². The van der Waals surface area contributed by atoms with E-state index >= 15 is 0 Å². The number of amides is 1. The fraction of sp³-hybridized carbons (Fsp3) is 0.143. The molecule has 1 amide bonds. The summed E-state index contributed by atoms with van der Waals surface area (Å²) < 4.78 is 33.3. The zero-order chi connectivity index (χ0) is 21.9. The van der Waals surface area contributed by atoms with Crippen LogP contribution in [0.3, 0.4) is 0 Å². The van der Waals surface area contributed by atoms with E-state index in [1.807, 2.05) is 37.3 Å². The number of carbonyl (C=O) groups is 2. The highest BCUT2D eigenvalue weighted by Crippen LogP contribution is 2.41. The lowest BCUT2D eigenvalue weighted by atomic mass is 10.0. The summed E-state index contributed by atoms with van der Waals surface area (Å²) in [5, 5.41) is 2.76. The molecule has 0 saturated carbocycles. The third kappa shape index (κ3) is 4.52. The molecule has 1 aromatic heterocycles. The van der Waals surface area contributed by atoms with Gasteiger partial charge in [-0.2, -0.15) is 0 Å². The quantitative estimate of drug-likeness (QED) is 0.553. The van der Waals surface area contributed by atoms with Crippen molar-refractivity contribution in [2.24, 2.45) is 0 Å². The highest BCUT2D eigenvalue weighted by Gasteiger charge is 2.27. The highest BCUT2D eigenvalue weighted by atomic mass is 32.2. The molecule has 0 saturated heterocycles. The highest BCUT2D eigenvalue weighted by molar-refractivity contribution is 7.93. The number of esters is 1. The van der Waals surface area contributed by atoms with Gasteiger partial charge in [0.05, 0.1) is 12.0 Å². The Labute approximate surface area is 178 Å². The average molecular weight is 445 g/mol. The summed E-state index contributed by atoms with van der Waals surface area (Å²) in [6.45, 7) is 3.18. The van der Waals surface area contributed by atoms with Crippen molar-refractivity contribution in [3.05, 3.63) is 65.0 Å². The van der Waals surface area contributed by atoms with Gasteiger partial charge in [0.25, 0.3) is 10.0 Å². The standard InChI is InChI=1S/C21H20N2O5S2/c1-13-18(15-7-5-4-6-8-15)19(21(25)28-3)20(29-13)23-30(26,27)17-11-9-16(10-12-17)22-14(2)24/h4-12,23H,1-3H3,(H,22,24). The molecule has 0 aliphatic rings. The molecule has 7 nitrogen and oxygen atoms in total. The molecule has 2 aromatic carbocycles. The third-order valence-corrected chi connectivity index (χ3v) is 6.76. The maximum Gasteiger partial charge on any atom is 0.341 e. The molecule has 0 bridgehead atoms. The fourth-order valence-electron chi connectivity index (χ4n) is 2.97. The number of carbonyl (C=O) groups excluding carboxylic acids is 2. The van der Waals surface area contributed by atoms with E-state index in [9.17, 15) is 18.0 Å². The van der Waals surface area contributed by atoms with E-state index in [0.717, 1.165) is 21.8 Å². The maximum absolute atomic E-state index is 12.9. The Hall–Kier alpha value is -3.17. The summed E-state index contributed by atoms with van der Waals surface area (Å²) in [5.74, 6) is -0.883. The van der Waals surface area contributed by atoms with E-state index in [4.69, 9.17) is 4.74 Å². The average Bonchev–Trinajstić information content (AvgIpc) is 3.03. The first kappa shape index (κ1) is 21.5. The molecule has 0 aliphatic carbocycles. The van der Waals surface area contributed by atoms with Crippen molar-refractivity contribution in [3.8, 4) is 11.1 Å². The van der Waals surface area contributed by atoms with Gasteiger partial charge in [0.1, 0.15) is 10.6 Å². The molecule has 9 heteroatoms. The molecule has 0 atom stereocenters. The second-order valence-corrected chi connectivity index (χ2v) is 9.31. The molecule has 0 radical (unpaired) electrons. The second-order valence-electron chi connectivity index (χ2n) is 6.41. The minimum absolute atomic E-state index is 0.000248. The molecule has 156 valence electrons. The Morgan fingerprint density at radius 1 is 1.00 bits per heavy atom. The minimum atomic E-state index is -3.97. The van der Waals surface area contributed by atoms with Crippen LogP contribution in [0.2, 0.25) is 0 Å². The van der Waals surface area contributed by atoms with E-state index < -0.39 is 16.0 Å². The number of nitrogens with one attached hydrogen (secondary N) is 2. The first-order valence-electron chi connectivity index (χ1n) is 8.90. The Bertz CT molecular complexity index is 1180. The van der Waals surface area contributed by atoms with Crippen LogP contribution < -0.4 is 10.0 Å². The van der Waals surface area contributed by atoms with Gasteiger partial charge in [0.15, 0.2) is 0 Å². The maximum atomic E-state index is 12.9. The molecule has 3 aromatic rings. The normalized spacial score (nSPS) is 11.0. The smallest absolute Gasteiger partial charge is 0.341 e. The van der Waals surface area contributed by atoms with Crippen LogP contribution in [0.1, 0.15) is 22.2 Å². The molecular weight excluding hydrogens is 424 g/mol. The number of methoxy groups -OCH3 is 1. The molecule has 0 spiro atoms. The van der Waals surface area contributed by atoms with Crippen LogP contribution in [0.5, 0.6) is 0 Å². The van der Waals surface area contributed by atoms with Crippen LogP contribution in [0.4, 0.5) is 10.7 Å².